The number of nitrogens with zero attached hydrogens (tertiary/aromatic N) is 2. The Morgan fingerprint density at radius 3 is 2.77 bits per heavy atom. The third kappa shape index (κ3) is 4.65. The van der Waals surface area contributed by atoms with E-state index in [-0.39, 0.29) is 10.9 Å². The van der Waals surface area contributed by atoms with Crippen molar-refractivity contribution in [2.75, 3.05) is 18.5 Å². The summed E-state index contributed by atoms with van der Waals surface area (Å²) in [5.41, 5.74) is 2.26. The SMILES string of the molecule is CCn1c(-c2ccc3c(c2)OCCO3)cnc1SC(C)C(=O)Nc1ccc(F)cc1Cl. The molecule has 0 radical (unpaired) electrons. The fraction of sp³-hybridized carbons (Fsp3) is 0.273. The second kappa shape index (κ2) is 9.20. The molecule has 1 aliphatic heterocycles. The number of ether oxygens (including phenoxy) is 2. The summed E-state index contributed by atoms with van der Waals surface area (Å²) in [6.45, 7) is 5.56. The molecular weight excluding hydrogens is 441 g/mol. The number of fused-ring (bicyclic) bond motifs is 1. The average molecular weight is 462 g/mol. The molecule has 0 saturated heterocycles. The van der Waals surface area contributed by atoms with Gasteiger partial charge in [-0.1, -0.05) is 23.4 Å². The van der Waals surface area contributed by atoms with Crippen LogP contribution in [0.15, 0.2) is 47.8 Å². The van der Waals surface area contributed by atoms with Crippen LogP contribution in [-0.2, 0) is 11.3 Å². The van der Waals surface area contributed by atoms with Crippen LogP contribution in [0.25, 0.3) is 11.3 Å². The minimum atomic E-state index is -0.456. The summed E-state index contributed by atoms with van der Waals surface area (Å²) in [7, 11) is 0. The number of halogens is 2. The lowest BCUT2D eigenvalue weighted by Crippen LogP contribution is -2.23. The maximum Gasteiger partial charge on any atom is 0.237 e. The largest absolute Gasteiger partial charge is 0.486 e. The van der Waals surface area contributed by atoms with E-state index in [4.69, 9.17) is 21.1 Å². The number of amides is 1. The van der Waals surface area contributed by atoms with Gasteiger partial charge in [0.05, 0.1) is 27.9 Å². The zero-order chi connectivity index (χ0) is 22.0. The van der Waals surface area contributed by atoms with Crippen molar-refractivity contribution in [3.8, 4) is 22.8 Å². The molecule has 0 fully saturated rings. The van der Waals surface area contributed by atoms with E-state index < -0.39 is 11.1 Å². The number of thioether (sulfide) groups is 1. The minimum Gasteiger partial charge on any atom is -0.486 e. The molecule has 0 spiro atoms. The summed E-state index contributed by atoms with van der Waals surface area (Å²) in [6.07, 6.45) is 1.79. The van der Waals surface area contributed by atoms with Gasteiger partial charge in [0, 0.05) is 12.1 Å². The zero-order valence-corrected chi connectivity index (χ0v) is 18.6. The van der Waals surface area contributed by atoms with Gasteiger partial charge >= 0.3 is 0 Å². The quantitative estimate of drug-likeness (QED) is 0.508. The Hall–Kier alpha value is -2.71. The van der Waals surface area contributed by atoms with E-state index in [1.165, 1.54) is 30.0 Å². The van der Waals surface area contributed by atoms with E-state index in [9.17, 15) is 9.18 Å². The summed E-state index contributed by atoms with van der Waals surface area (Å²) in [5.74, 6) is 0.745. The van der Waals surface area contributed by atoms with Crippen molar-refractivity contribution in [2.45, 2.75) is 30.8 Å². The monoisotopic (exact) mass is 461 g/mol. The van der Waals surface area contributed by atoms with E-state index in [1.807, 2.05) is 29.7 Å². The van der Waals surface area contributed by atoms with Crippen LogP contribution in [0, 0.1) is 5.82 Å². The second-order valence-corrected chi connectivity index (χ2v) is 8.62. The minimum absolute atomic E-state index is 0.154. The molecule has 6 nitrogen and oxygen atoms in total. The van der Waals surface area contributed by atoms with Gasteiger partial charge in [-0.25, -0.2) is 9.37 Å². The molecule has 2 heterocycles. The van der Waals surface area contributed by atoms with E-state index in [1.54, 1.807) is 13.1 Å². The van der Waals surface area contributed by atoms with Crippen molar-refractivity contribution >= 4 is 35.0 Å². The predicted octanol–water partition coefficient (Wildman–Crippen LogP) is 5.25. The number of anilines is 1. The number of aromatic nitrogens is 2. The molecule has 0 saturated carbocycles. The smallest absolute Gasteiger partial charge is 0.237 e. The lowest BCUT2D eigenvalue weighted by molar-refractivity contribution is -0.115. The molecule has 1 atom stereocenters. The van der Waals surface area contributed by atoms with Crippen LogP contribution in [0.2, 0.25) is 5.02 Å². The molecular formula is C22H21ClFN3O3S. The molecule has 1 N–H and O–H groups in total. The molecule has 3 aromatic rings. The number of carbonyl (C=O) groups excluding carboxylic acids is 1. The first-order valence-corrected chi connectivity index (χ1v) is 11.1. The molecule has 0 bridgehead atoms. The van der Waals surface area contributed by atoms with Crippen LogP contribution in [0.4, 0.5) is 10.1 Å². The molecule has 1 aliphatic rings. The van der Waals surface area contributed by atoms with Crippen LogP contribution in [-0.4, -0.2) is 33.9 Å². The fourth-order valence-corrected chi connectivity index (χ4v) is 4.39. The third-order valence-corrected chi connectivity index (χ3v) is 6.23. The number of carbonyl (C=O) groups is 1. The van der Waals surface area contributed by atoms with Gasteiger partial charge in [0.2, 0.25) is 5.91 Å². The number of hydrogen-bond donors (Lipinski definition) is 1. The van der Waals surface area contributed by atoms with E-state index in [2.05, 4.69) is 10.3 Å². The highest BCUT2D eigenvalue weighted by Gasteiger charge is 2.21. The topological polar surface area (TPSA) is 65.4 Å². The zero-order valence-electron chi connectivity index (χ0n) is 17.0. The Labute approximate surface area is 188 Å². The third-order valence-electron chi connectivity index (χ3n) is 4.81. The molecule has 1 amide bonds. The summed E-state index contributed by atoms with van der Waals surface area (Å²) in [4.78, 5) is 17.2. The first-order valence-electron chi connectivity index (χ1n) is 9.84. The first-order chi connectivity index (χ1) is 15.0. The molecule has 162 valence electrons. The van der Waals surface area contributed by atoms with Gasteiger partial charge in [0.15, 0.2) is 16.7 Å². The van der Waals surface area contributed by atoms with Gasteiger partial charge in [0.25, 0.3) is 0 Å². The van der Waals surface area contributed by atoms with Crippen molar-refractivity contribution < 1.29 is 18.7 Å². The van der Waals surface area contributed by atoms with E-state index in [0.717, 1.165) is 22.2 Å². The first kappa shape index (κ1) is 21.5. The number of hydrogen-bond acceptors (Lipinski definition) is 5. The van der Waals surface area contributed by atoms with Gasteiger partial charge < -0.3 is 19.4 Å². The Balaban J connectivity index is 1.51. The van der Waals surface area contributed by atoms with Crippen LogP contribution in [0.3, 0.4) is 0 Å². The van der Waals surface area contributed by atoms with Crippen LogP contribution < -0.4 is 14.8 Å². The van der Waals surface area contributed by atoms with E-state index in [0.29, 0.717) is 31.2 Å². The van der Waals surface area contributed by atoms with Gasteiger partial charge in [-0.15, -0.1) is 0 Å². The van der Waals surface area contributed by atoms with Crippen molar-refractivity contribution in [1.82, 2.24) is 9.55 Å². The predicted molar refractivity (Wildman–Crippen MR) is 120 cm³/mol. The molecule has 2 aromatic carbocycles. The van der Waals surface area contributed by atoms with Gasteiger partial charge in [-0.05, 0) is 50.2 Å². The second-order valence-electron chi connectivity index (χ2n) is 6.90. The summed E-state index contributed by atoms with van der Waals surface area (Å²) in [6, 6.07) is 9.67. The Morgan fingerprint density at radius 1 is 1.26 bits per heavy atom. The van der Waals surface area contributed by atoms with Crippen LogP contribution in [0.1, 0.15) is 13.8 Å². The van der Waals surface area contributed by atoms with Crippen molar-refractivity contribution in [1.29, 1.82) is 0 Å². The van der Waals surface area contributed by atoms with Gasteiger partial charge in [-0.3, -0.25) is 4.79 Å². The maximum atomic E-state index is 13.2. The number of nitrogens with one attached hydrogen (secondary N) is 1. The van der Waals surface area contributed by atoms with Crippen LogP contribution >= 0.6 is 23.4 Å². The van der Waals surface area contributed by atoms with Crippen LogP contribution in [0.5, 0.6) is 11.5 Å². The highest BCUT2D eigenvalue weighted by atomic mass is 35.5. The fourth-order valence-electron chi connectivity index (χ4n) is 3.23. The van der Waals surface area contributed by atoms with Gasteiger partial charge in [0.1, 0.15) is 19.0 Å². The summed E-state index contributed by atoms with van der Waals surface area (Å²) < 4.78 is 26.6. The Morgan fingerprint density at radius 2 is 2.03 bits per heavy atom. The highest BCUT2D eigenvalue weighted by Crippen LogP contribution is 2.36. The molecule has 4 rings (SSSR count). The van der Waals surface area contributed by atoms with Crippen molar-refractivity contribution in [3.05, 3.63) is 53.4 Å². The lowest BCUT2D eigenvalue weighted by Gasteiger charge is -2.19. The van der Waals surface area contributed by atoms with Gasteiger partial charge in [-0.2, -0.15) is 0 Å². The summed E-state index contributed by atoms with van der Waals surface area (Å²) >= 11 is 7.35. The molecule has 31 heavy (non-hydrogen) atoms. The molecule has 1 unspecified atom stereocenters. The summed E-state index contributed by atoms with van der Waals surface area (Å²) in [5, 5.41) is 3.18. The molecule has 0 aliphatic carbocycles. The normalized spacial score (nSPS) is 13.7. The van der Waals surface area contributed by atoms with Crippen molar-refractivity contribution in [3.63, 3.8) is 0 Å². The Bertz CT molecular complexity index is 1120. The number of benzene rings is 2. The standard InChI is InChI=1S/C22H21ClFN3O3S/c1-3-27-18(14-4-7-19-20(10-14)30-9-8-29-19)12-25-22(27)31-13(2)21(28)26-17-6-5-15(24)11-16(17)23/h4-7,10-13H,3,8-9H2,1-2H3,(H,26,28). The number of imidazole rings is 1. The highest BCUT2D eigenvalue weighted by molar-refractivity contribution is 8.00. The molecule has 1 aromatic heterocycles. The average Bonchev–Trinajstić information content (AvgIpc) is 3.17. The van der Waals surface area contributed by atoms with E-state index >= 15 is 0 Å². The lowest BCUT2D eigenvalue weighted by atomic mass is 10.1. The Kier molecular flexibility index (Phi) is 6.38. The maximum absolute atomic E-state index is 13.2. The van der Waals surface area contributed by atoms with Crippen molar-refractivity contribution in [2.24, 2.45) is 0 Å². The molecule has 9 heteroatoms. The number of rotatable bonds is 6.